The van der Waals surface area contributed by atoms with Gasteiger partial charge >= 0.3 is 0 Å². The number of allylic oxidation sites excluding steroid dienone is 6. The minimum absolute atomic E-state index is 0.152. The molecule has 0 atom stereocenters. The molecule has 0 spiro atoms. The van der Waals surface area contributed by atoms with E-state index in [9.17, 15) is 13.2 Å². The monoisotopic (exact) mass is 216 g/mol. The first-order valence-electron chi connectivity index (χ1n) is 5.15. The maximum absolute atomic E-state index is 13.7. The van der Waals surface area contributed by atoms with Crippen molar-refractivity contribution in [1.29, 1.82) is 0 Å². The van der Waals surface area contributed by atoms with Crippen LogP contribution in [0, 0.1) is 0 Å². The van der Waals surface area contributed by atoms with Crippen LogP contribution in [0.25, 0.3) is 0 Å². The normalized spacial score (nSPS) is 17.6. The summed E-state index contributed by atoms with van der Waals surface area (Å²) in [6.45, 7) is 5.12. The zero-order chi connectivity index (χ0) is 11.6. The molecule has 1 aliphatic rings. The van der Waals surface area contributed by atoms with Gasteiger partial charge in [-0.25, -0.2) is 13.2 Å². The van der Waals surface area contributed by atoms with Gasteiger partial charge in [-0.05, 0) is 25.3 Å². The molecular weight excluding hydrogens is 201 g/mol. The molecule has 3 heteroatoms. The molecule has 0 unspecified atom stereocenters. The van der Waals surface area contributed by atoms with E-state index < -0.39 is 17.5 Å². The lowest BCUT2D eigenvalue weighted by molar-refractivity contribution is 0.494. The van der Waals surface area contributed by atoms with Crippen LogP contribution < -0.4 is 0 Å². The lowest BCUT2D eigenvalue weighted by Crippen LogP contribution is -2.03. The van der Waals surface area contributed by atoms with Crippen molar-refractivity contribution in [3.05, 3.63) is 34.2 Å². The van der Waals surface area contributed by atoms with Crippen molar-refractivity contribution in [3.8, 4) is 0 Å². The van der Waals surface area contributed by atoms with E-state index in [0.717, 1.165) is 0 Å². The minimum atomic E-state index is -1.02. The Labute approximate surface area is 88.2 Å². The number of halogens is 3. The van der Waals surface area contributed by atoms with Crippen LogP contribution in [0.2, 0.25) is 0 Å². The summed E-state index contributed by atoms with van der Waals surface area (Å²) in [5.41, 5.74) is 0.740. The van der Waals surface area contributed by atoms with Crippen molar-refractivity contribution in [1.82, 2.24) is 0 Å². The van der Waals surface area contributed by atoms with Crippen LogP contribution in [0.4, 0.5) is 13.2 Å². The molecule has 0 fully saturated rings. The lowest BCUT2D eigenvalue weighted by Gasteiger charge is -2.17. The molecule has 0 bridgehead atoms. The molecule has 0 aromatic carbocycles. The van der Waals surface area contributed by atoms with E-state index in [1.54, 1.807) is 0 Å². The van der Waals surface area contributed by atoms with Gasteiger partial charge in [0.1, 0.15) is 11.7 Å². The van der Waals surface area contributed by atoms with E-state index >= 15 is 0 Å². The SMILES string of the molecule is CCC(CC)=C1C(F)=C(C)CC(F)=C1F. The molecule has 0 aromatic heterocycles. The maximum Gasteiger partial charge on any atom is 0.165 e. The summed E-state index contributed by atoms with van der Waals surface area (Å²) >= 11 is 0. The third-order valence-corrected chi connectivity index (χ3v) is 2.68. The fourth-order valence-electron chi connectivity index (χ4n) is 1.75. The van der Waals surface area contributed by atoms with Gasteiger partial charge in [-0.15, -0.1) is 0 Å². The number of rotatable bonds is 2. The summed E-state index contributed by atoms with van der Waals surface area (Å²) in [5, 5.41) is 0. The number of hydrogen-bond acceptors (Lipinski definition) is 0. The van der Waals surface area contributed by atoms with Gasteiger partial charge in [0.05, 0.1) is 0 Å². The Balaban J connectivity index is 3.35. The molecule has 0 aromatic rings. The molecule has 0 N–H and O–H groups in total. The average Bonchev–Trinajstić information content (AvgIpc) is 2.21. The van der Waals surface area contributed by atoms with E-state index in [1.165, 1.54) is 6.92 Å². The lowest BCUT2D eigenvalue weighted by atomic mass is 9.93. The van der Waals surface area contributed by atoms with Gasteiger partial charge in [0.2, 0.25) is 0 Å². The molecule has 0 amide bonds. The smallest absolute Gasteiger partial charge is 0.165 e. The van der Waals surface area contributed by atoms with Crippen LogP contribution in [-0.2, 0) is 0 Å². The summed E-state index contributed by atoms with van der Waals surface area (Å²) in [5.74, 6) is -2.47. The first-order chi connectivity index (χ1) is 7.02. The largest absolute Gasteiger partial charge is 0.208 e. The second-order valence-electron chi connectivity index (χ2n) is 3.68. The van der Waals surface area contributed by atoms with Crippen LogP contribution in [0.3, 0.4) is 0 Å². The summed E-state index contributed by atoms with van der Waals surface area (Å²) < 4.78 is 40.3. The van der Waals surface area contributed by atoms with Gasteiger partial charge in [-0.3, -0.25) is 0 Å². The second-order valence-corrected chi connectivity index (χ2v) is 3.68. The summed E-state index contributed by atoms with van der Waals surface area (Å²) in [6.07, 6.45) is 0.822. The van der Waals surface area contributed by atoms with Crippen LogP contribution >= 0.6 is 0 Å². The van der Waals surface area contributed by atoms with Gasteiger partial charge in [-0.1, -0.05) is 19.4 Å². The molecule has 1 rings (SSSR count). The Kier molecular flexibility index (Phi) is 3.77. The molecule has 15 heavy (non-hydrogen) atoms. The Bertz CT molecular complexity index is 327. The molecule has 0 saturated heterocycles. The quantitative estimate of drug-likeness (QED) is 0.615. The highest BCUT2D eigenvalue weighted by atomic mass is 19.2. The average molecular weight is 216 g/mol. The van der Waals surface area contributed by atoms with Crippen molar-refractivity contribution >= 4 is 0 Å². The Morgan fingerprint density at radius 3 is 2.07 bits per heavy atom. The van der Waals surface area contributed by atoms with Crippen molar-refractivity contribution in [2.75, 3.05) is 0 Å². The Morgan fingerprint density at radius 1 is 1.07 bits per heavy atom. The maximum atomic E-state index is 13.7. The molecule has 0 nitrogen and oxygen atoms in total. The topological polar surface area (TPSA) is 0 Å². The summed E-state index contributed by atoms with van der Waals surface area (Å²) in [4.78, 5) is 0. The highest BCUT2D eigenvalue weighted by molar-refractivity contribution is 5.50. The van der Waals surface area contributed by atoms with E-state index in [4.69, 9.17) is 0 Å². The van der Waals surface area contributed by atoms with E-state index in [-0.39, 0.29) is 17.6 Å². The van der Waals surface area contributed by atoms with Gasteiger partial charge in [0, 0.05) is 12.0 Å². The van der Waals surface area contributed by atoms with Crippen molar-refractivity contribution < 1.29 is 13.2 Å². The van der Waals surface area contributed by atoms with Crippen molar-refractivity contribution in [2.45, 2.75) is 40.0 Å². The van der Waals surface area contributed by atoms with Crippen LogP contribution in [0.15, 0.2) is 34.2 Å². The summed E-state index contributed by atoms with van der Waals surface area (Å²) in [6, 6.07) is 0. The molecule has 0 aliphatic heterocycles. The fraction of sp³-hybridized carbons (Fsp3) is 0.500. The minimum Gasteiger partial charge on any atom is -0.208 e. The molecular formula is C12H15F3. The zero-order valence-electron chi connectivity index (χ0n) is 9.26. The number of hydrogen-bond donors (Lipinski definition) is 0. The standard InChI is InChI=1S/C12H15F3/c1-4-8(5-2)10-11(14)7(3)6-9(13)12(10)15/h4-6H2,1-3H3. The second kappa shape index (κ2) is 4.69. The summed E-state index contributed by atoms with van der Waals surface area (Å²) in [7, 11) is 0. The van der Waals surface area contributed by atoms with Crippen molar-refractivity contribution in [3.63, 3.8) is 0 Å². The molecule has 0 saturated carbocycles. The van der Waals surface area contributed by atoms with Gasteiger partial charge in [-0.2, -0.15) is 0 Å². The molecule has 1 aliphatic carbocycles. The van der Waals surface area contributed by atoms with Gasteiger partial charge < -0.3 is 0 Å². The van der Waals surface area contributed by atoms with E-state index in [2.05, 4.69) is 0 Å². The highest BCUT2D eigenvalue weighted by Crippen LogP contribution is 2.39. The van der Waals surface area contributed by atoms with Gasteiger partial charge in [0.15, 0.2) is 5.83 Å². The predicted octanol–water partition coefficient (Wildman–Crippen LogP) is 4.90. The first-order valence-corrected chi connectivity index (χ1v) is 5.15. The van der Waals surface area contributed by atoms with Crippen LogP contribution in [0.1, 0.15) is 40.0 Å². The van der Waals surface area contributed by atoms with E-state index in [1.807, 2.05) is 13.8 Å². The highest BCUT2D eigenvalue weighted by Gasteiger charge is 2.26. The van der Waals surface area contributed by atoms with Gasteiger partial charge in [0.25, 0.3) is 0 Å². The fourth-order valence-corrected chi connectivity index (χ4v) is 1.75. The van der Waals surface area contributed by atoms with E-state index in [0.29, 0.717) is 18.4 Å². The molecule has 84 valence electrons. The van der Waals surface area contributed by atoms with Crippen molar-refractivity contribution in [2.24, 2.45) is 0 Å². The van der Waals surface area contributed by atoms with Crippen LogP contribution in [-0.4, -0.2) is 0 Å². The molecule has 0 radical (unpaired) electrons. The third-order valence-electron chi connectivity index (χ3n) is 2.68. The zero-order valence-corrected chi connectivity index (χ0v) is 9.26. The van der Waals surface area contributed by atoms with Crippen LogP contribution in [0.5, 0.6) is 0 Å². The first kappa shape index (κ1) is 12.1. The Hall–Kier alpha value is -0.990. The third kappa shape index (κ3) is 2.16. The molecule has 0 heterocycles. The predicted molar refractivity (Wildman–Crippen MR) is 55.3 cm³/mol. The Morgan fingerprint density at radius 2 is 1.60 bits per heavy atom.